The Kier molecular flexibility index (Phi) is 3.99. The molecular formula is C18H16O6. The van der Waals surface area contributed by atoms with Gasteiger partial charge in [-0.25, -0.2) is 0 Å². The van der Waals surface area contributed by atoms with Crippen LogP contribution in [0.1, 0.15) is 44.3 Å². The third-order valence-electron chi connectivity index (χ3n) is 4.02. The predicted octanol–water partition coefficient (Wildman–Crippen LogP) is 2.42. The largest absolute Gasteiger partial charge is 0.507 e. The molecule has 0 bridgehead atoms. The highest BCUT2D eigenvalue weighted by molar-refractivity contribution is 6.29. The van der Waals surface area contributed by atoms with Gasteiger partial charge in [0.25, 0.3) is 0 Å². The number of hydrogen-bond acceptors (Lipinski definition) is 6. The molecule has 0 fully saturated rings. The first-order chi connectivity index (χ1) is 11.5. The lowest BCUT2D eigenvalue weighted by Crippen LogP contribution is -2.21. The Morgan fingerprint density at radius 2 is 1.75 bits per heavy atom. The summed E-state index contributed by atoms with van der Waals surface area (Å²) in [5.74, 6) is -1.19. The number of phenolic OH excluding ortho intramolecular Hbond substituents is 2. The summed E-state index contributed by atoms with van der Waals surface area (Å²) in [5.41, 5.74) is 0.328. The molecule has 2 N–H and O–H groups in total. The summed E-state index contributed by atoms with van der Waals surface area (Å²) in [7, 11) is 1.46. The highest BCUT2D eigenvalue weighted by Gasteiger charge is 2.34. The number of ketones is 2. The van der Waals surface area contributed by atoms with Gasteiger partial charge in [-0.1, -0.05) is 0 Å². The Morgan fingerprint density at radius 1 is 1.00 bits per heavy atom. The Balaban J connectivity index is 2.20. The van der Waals surface area contributed by atoms with Crippen molar-refractivity contribution in [3.8, 4) is 17.2 Å². The van der Waals surface area contributed by atoms with Crippen molar-refractivity contribution in [2.75, 3.05) is 13.7 Å². The monoisotopic (exact) mass is 328 g/mol. The normalized spacial score (nSPS) is 12.8. The molecule has 0 spiro atoms. The highest BCUT2D eigenvalue weighted by Crippen LogP contribution is 2.40. The van der Waals surface area contributed by atoms with Crippen LogP contribution >= 0.6 is 0 Å². The first-order valence-electron chi connectivity index (χ1n) is 7.42. The van der Waals surface area contributed by atoms with Crippen LogP contribution < -0.4 is 4.74 Å². The highest BCUT2D eigenvalue weighted by atomic mass is 16.5. The summed E-state index contributed by atoms with van der Waals surface area (Å²) < 4.78 is 10.3. The minimum Gasteiger partial charge on any atom is -0.507 e. The lowest BCUT2D eigenvalue weighted by molar-refractivity contribution is 0.0974. The van der Waals surface area contributed by atoms with E-state index in [1.165, 1.54) is 25.3 Å². The fourth-order valence-corrected chi connectivity index (χ4v) is 2.77. The molecule has 3 rings (SSSR count). The molecule has 0 saturated heterocycles. The van der Waals surface area contributed by atoms with Crippen molar-refractivity contribution in [1.82, 2.24) is 0 Å². The number of hydrogen-bond donors (Lipinski definition) is 2. The second-order valence-corrected chi connectivity index (χ2v) is 5.35. The van der Waals surface area contributed by atoms with E-state index in [0.29, 0.717) is 12.4 Å². The maximum Gasteiger partial charge on any atom is 0.198 e. The number of phenols is 2. The van der Waals surface area contributed by atoms with Crippen LogP contribution in [-0.4, -0.2) is 35.5 Å². The molecule has 0 unspecified atom stereocenters. The zero-order valence-electron chi connectivity index (χ0n) is 13.3. The van der Waals surface area contributed by atoms with Gasteiger partial charge >= 0.3 is 0 Å². The predicted molar refractivity (Wildman–Crippen MR) is 85.0 cm³/mol. The van der Waals surface area contributed by atoms with Gasteiger partial charge in [0.1, 0.15) is 17.2 Å². The Morgan fingerprint density at radius 3 is 2.42 bits per heavy atom. The van der Waals surface area contributed by atoms with Crippen molar-refractivity contribution >= 4 is 11.6 Å². The summed E-state index contributed by atoms with van der Waals surface area (Å²) >= 11 is 0. The fourth-order valence-electron chi connectivity index (χ4n) is 2.77. The van der Waals surface area contributed by atoms with Crippen molar-refractivity contribution in [3.63, 3.8) is 0 Å². The van der Waals surface area contributed by atoms with Gasteiger partial charge in [-0.15, -0.1) is 0 Å². The minimum atomic E-state index is -0.475. The lowest BCUT2D eigenvalue weighted by Gasteiger charge is -2.21. The molecule has 6 nitrogen and oxygen atoms in total. The number of carbonyl (C=O) groups excluding carboxylic acids is 2. The Bertz CT molecular complexity index is 853. The first-order valence-corrected chi connectivity index (χ1v) is 7.42. The van der Waals surface area contributed by atoms with Gasteiger partial charge in [0.15, 0.2) is 11.6 Å². The van der Waals surface area contributed by atoms with Crippen molar-refractivity contribution < 1.29 is 29.3 Å². The van der Waals surface area contributed by atoms with E-state index >= 15 is 0 Å². The molecule has 0 saturated carbocycles. The summed E-state index contributed by atoms with van der Waals surface area (Å²) in [6, 6.07) is 5.74. The number of ether oxygens (including phenoxy) is 2. The Hall–Kier alpha value is -2.86. The van der Waals surface area contributed by atoms with Crippen molar-refractivity contribution in [1.29, 1.82) is 0 Å². The van der Waals surface area contributed by atoms with Gasteiger partial charge in [0, 0.05) is 23.3 Å². The number of carbonyl (C=O) groups is 2. The van der Waals surface area contributed by atoms with E-state index in [-0.39, 0.29) is 40.2 Å². The van der Waals surface area contributed by atoms with E-state index in [1.807, 2.05) is 0 Å². The second-order valence-electron chi connectivity index (χ2n) is 5.35. The van der Waals surface area contributed by atoms with Crippen LogP contribution in [0.4, 0.5) is 0 Å². The topological polar surface area (TPSA) is 93.1 Å². The molecule has 2 aromatic rings. The van der Waals surface area contributed by atoms with Crippen LogP contribution in [0.3, 0.4) is 0 Å². The number of aromatic hydroxyl groups is 2. The van der Waals surface area contributed by atoms with Crippen molar-refractivity contribution in [3.05, 3.63) is 52.1 Å². The molecule has 0 aromatic heterocycles. The van der Waals surface area contributed by atoms with E-state index in [9.17, 15) is 19.8 Å². The third kappa shape index (κ3) is 2.32. The van der Waals surface area contributed by atoms with Gasteiger partial charge in [0.2, 0.25) is 0 Å². The van der Waals surface area contributed by atoms with Gasteiger partial charge < -0.3 is 19.7 Å². The van der Waals surface area contributed by atoms with Gasteiger partial charge in [-0.05, 0) is 31.2 Å². The van der Waals surface area contributed by atoms with Crippen molar-refractivity contribution in [2.24, 2.45) is 0 Å². The smallest absolute Gasteiger partial charge is 0.198 e. The molecule has 0 radical (unpaired) electrons. The molecule has 0 aliphatic heterocycles. The third-order valence-corrected chi connectivity index (χ3v) is 4.02. The number of rotatable bonds is 4. The van der Waals surface area contributed by atoms with Gasteiger partial charge in [0.05, 0.1) is 24.8 Å². The number of fused-ring (bicyclic) bond motifs is 2. The van der Waals surface area contributed by atoms with E-state index < -0.39 is 17.3 Å². The minimum absolute atomic E-state index is 0.0315. The molecule has 0 heterocycles. The summed E-state index contributed by atoms with van der Waals surface area (Å²) in [4.78, 5) is 25.4. The van der Waals surface area contributed by atoms with Crippen LogP contribution in [0.25, 0.3) is 0 Å². The van der Waals surface area contributed by atoms with Gasteiger partial charge in [-0.2, -0.15) is 0 Å². The van der Waals surface area contributed by atoms with Crippen LogP contribution in [0.15, 0.2) is 24.3 Å². The van der Waals surface area contributed by atoms with Crippen LogP contribution in [0.5, 0.6) is 17.2 Å². The van der Waals surface area contributed by atoms with Gasteiger partial charge in [-0.3, -0.25) is 9.59 Å². The lowest BCUT2D eigenvalue weighted by atomic mass is 9.82. The van der Waals surface area contributed by atoms with Crippen LogP contribution in [0, 0.1) is 0 Å². The van der Waals surface area contributed by atoms with E-state index in [2.05, 4.69) is 0 Å². The number of benzene rings is 2. The maximum atomic E-state index is 12.7. The molecule has 124 valence electrons. The average Bonchev–Trinajstić information content (AvgIpc) is 2.58. The standard InChI is InChI=1S/C18H16O6/c1-3-24-8-13-14(19)7-12-15(18(13)22)17(21)10-5-4-9(23-2)6-11(10)16(12)20/h4-7,19,22H,3,8H2,1-2H3. The molecule has 0 atom stereocenters. The maximum absolute atomic E-state index is 12.7. The Labute approximate surface area is 138 Å². The zero-order chi connectivity index (χ0) is 17.4. The molecular weight excluding hydrogens is 312 g/mol. The van der Waals surface area contributed by atoms with E-state index in [0.717, 1.165) is 0 Å². The number of methoxy groups -OCH3 is 1. The van der Waals surface area contributed by atoms with E-state index in [1.54, 1.807) is 13.0 Å². The summed E-state index contributed by atoms with van der Waals surface area (Å²) in [6.07, 6.45) is 0. The fraction of sp³-hybridized carbons (Fsp3) is 0.222. The second kappa shape index (κ2) is 5.98. The summed E-state index contributed by atoms with van der Waals surface area (Å²) in [6.45, 7) is 2.09. The average molecular weight is 328 g/mol. The summed E-state index contributed by atoms with van der Waals surface area (Å²) in [5, 5.41) is 20.5. The van der Waals surface area contributed by atoms with Crippen molar-refractivity contribution in [2.45, 2.75) is 13.5 Å². The molecule has 1 aliphatic rings. The van der Waals surface area contributed by atoms with Crippen LogP contribution in [-0.2, 0) is 11.3 Å². The molecule has 1 aliphatic carbocycles. The molecule has 0 amide bonds. The molecule has 2 aromatic carbocycles. The molecule has 6 heteroatoms. The zero-order valence-corrected chi connectivity index (χ0v) is 13.3. The SMILES string of the molecule is CCOCc1c(O)cc2c(c1O)C(=O)c1ccc(OC)cc1C2=O. The van der Waals surface area contributed by atoms with Crippen LogP contribution in [0.2, 0.25) is 0 Å². The first kappa shape index (κ1) is 16.0. The molecule has 24 heavy (non-hydrogen) atoms. The van der Waals surface area contributed by atoms with E-state index in [4.69, 9.17) is 9.47 Å². The quantitative estimate of drug-likeness (QED) is 0.764.